The number of carbonyl (C=O) groups is 2. The molecule has 0 saturated heterocycles. The zero-order valence-corrected chi connectivity index (χ0v) is 17.6. The van der Waals surface area contributed by atoms with E-state index in [1.54, 1.807) is 4.90 Å². The minimum atomic E-state index is -0.208. The third-order valence-electron chi connectivity index (χ3n) is 4.82. The van der Waals surface area contributed by atoms with E-state index in [4.69, 9.17) is 14.2 Å². The molecule has 0 unspecified atom stereocenters. The number of anilines is 1. The molecule has 160 valence electrons. The van der Waals surface area contributed by atoms with Gasteiger partial charge < -0.3 is 24.4 Å². The summed E-state index contributed by atoms with van der Waals surface area (Å²) < 4.78 is 16.7. The van der Waals surface area contributed by atoms with Crippen molar-refractivity contribution in [2.24, 2.45) is 0 Å². The Labute approximate surface area is 176 Å². The Bertz CT molecular complexity index is 899. The molecule has 0 aliphatic carbocycles. The summed E-state index contributed by atoms with van der Waals surface area (Å²) in [6.07, 6.45) is 0.194. The molecule has 0 fully saturated rings. The van der Waals surface area contributed by atoms with E-state index in [1.807, 2.05) is 63.2 Å². The van der Waals surface area contributed by atoms with Crippen molar-refractivity contribution in [3.05, 3.63) is 48.0 Å². The van der Waals surface area contributed by atoms with Crippen LogP contribution in [0.4, 0.5) is 5.69 Å². The SMILES string of the molecule is CCOc1ccc([C@H](C)NC(=O)CCN2C(=O)COc3ccccc32)cc1OCC. The first-order valence-electron chi connectivity index (χ1n) is 10.2. The molecule has 0 saturated carbocycles. The van der Waals surface area contributed by atoms with E-state index >= 15 is 0 Å². The average Bonchev–Trinajstić information content (AvgIpc) is 2.74. The molecule has 1 heterocycles. The van der Waals surface area contributed by atoms with Crippen LogP contribution in [0, 0.1) is 0 Å². The largest absolute Gasteiger partial charge is 0.490 e. The van der Waals surface area contributed by atoms with Gasteiger partial charge in [-0.2, -0.15) is 0 Å². The number of carbonyl (C=O) groups excluding carboxylic acids is 2. The van der Waals surface area contributed by atoms with E-state index in [0.717, 1.165) is 5.56 Å². The van der Waals surface area contributed by atoms with Crippen LogP contribution in [0.3, 0.4) is 0 Å². The van der Waals surface area contributed by atoms with Crippen LogP contribution >= 0.6 is 0 Å². The van der Waals surface area contributed by atoms with Gasteiger partial charge in [0, 0.05) is 13.0 Å². The molecule has 1 aliphatic heterocycles. The molecule has 0 aromatic heterocycles. The van der Waals surface area contributed by atoms with Crippen LogP contribution in [0.2, 0.25) is 0 Å². The van der Waals surface area contributed by atoms with Crippen LogP contribution in [0.25, 0.3) is 0 Å². The van der Waals surface area contributed by atoms with Crippen molar-refractivity contribution in [2.75, 3.05) is 31.3 Å². The number of nitrogens with one attached hydrogen (secondary N) is 1. The molecule has 7 nitrogen and oxygen atoms in total. The number of fused-ring (bicyclic) bond motifs is 1. The van der Waals surface area contributed by atoms with Crippen molar-refractivity contribution in [3.8, 4) is 17.2 Å². The van der Waals surface area contributed by atoms with Gasteiger partial charge in [0.1, 0.15) is 5.75 Å². The van der Waals surface area contributed by atoms with Crippen molar-refractivity contribution in [3.63, 3.8) is 0 Å². The van der Waals surface area contributed by atoms with Crippen LogP contribution in [0.5, 0.6) is 17.2 Å². The number of amides is 2. The van der Waals surface area contributed by atoms with Crippen molar-refractivity contribution in [1.82, 2.24) is 5.32 Å². The number of nitrogens with zero attached hydrogens (tertiary/aromatic N) is 1. The number of para-hydroxylation sites is 2. The van der Waals surface area contributed by atoms with Gasteiger partial charge in [0.15, 0.2) is 18.1 Å². The zero-order valence-electron chi connectivity index (χ0n) is 17.6. The van der Waals surface area contributed by atoms with Gasteiger partial charge in [-0.3, -0.25) is 9.59 Å². The number of hydrogen-bond acceptors (Lipinski definition) is 5. The number of benzene rings is 2. The molecule has 1 atom stereocenters. The van der Waals surface area contributed by atoms with Gasteiger partial charge in [0.2, 0.25) is 5.91 Å². The normalized spacial score (nSPS) is 13.8. The fraction of sp³-hybridized carbons (Fsp3) is 0.391. The van der Waals surface area contributed by atoms with Crippen molar-refractivity contribution in [2.45, 2.75) is 33.2 Å². The van der Waals surface area contributed by atoms with E-state index in [-0.39, 0.29) is 30.9 Å². The Kier molecular flexibility index (Phi) is 7.17. The smallest absolute Gasteiger partial charge is 0.265 e. The van der Waals surface area contributed by atoms with Gasteiger partial charge in [-0.1, -0.05) is 18.2 Å². The fourth-order valence-corrected chi connectivity index (χ4v) is 3.35. The quantitative estimate of drug-likeness (QED) is 0.682. The molecule has 2 aromatic carbocycles. The predicted molar refractivity (Wildman–Crippen MR) is 114 cm³/mol. The standard InChI is InChI=1S/C23H28N2O5/c1-4-28-20-11-10-17(14-21(20)29-5-2)16(3)24-22(26)12-13-25-18-8-6-7-9-19(18)30-15-23(25)27/h6-11,14,16H,4-5,12-13,15H2,1-3H3,(H,24,26)/t16-/m0/s1. The highest BCUT2D eigenvalue weighted by Crippen LogP contribution is 2.32. The second-order valence-electron chi connectivity index (χ2n) is 6.91. The lowest BCUT2D eigenvalue weighted by Gasteiger charge is -2.29. The Morgan fingerprint density at radius 1 is 1.13 bits per heavy atom. The van der Waals surface area contributed by atoms with Crippen LogP contribution in [0.15, 0.2) is 42.5 Å². The van der Waals surface area contributed by atoms with Crippen LogP contribution in [-0.4, -0.2) is 38.2 Å². The molecule has 0 spiro atoms. The molecule has 3 rings (SSSR count). The highest BCUT2D eigenvalue weighted by molar-refractivity contribution is 5.98. The molecule has 1 aliphatic rings. The first-order valence-corrected chi connectivity index (χ1v) is 10.2. The van der Waals surface area contributed by atoms with E-state index in [0.29, 0.717) is 42.7 Å². The van der Waals surface area contributed by atoms with Gasteiger partial charge in [0.25, 0.3) is 5.91 Å². The second kappa shape index (κ2) is 10.0. The number of hydrogen-bond donors (Lipinski definition) is 1. The third kappa shape index (κ3) is 5.03. The first kappa shape index (κ1) is 21.5. The molecule has 1 N–H and O–H groups in total. The van der Waals surface area contributed by atoms with Crippen molar-refractivity contribution < 1.29 is 23.8 Å². The Morgan fingerprint density at radius 3 is 2.63 bits per heavy atom. The predicted octanol–water partition coefficient (Wildman–Crippen LogP) is 3.48. The number of ether oxygens (including phenoxy) is 3. The lowest BCUT2D eigenvalue weighted by molar-refractivity contribution is -0.122. The van der Waals surface area contributed by atoms with Crippen molar-refractivity contribution in [1.29, 1.82) is 0 Å². The fourth-order valence-electron chi connectivity index (χ4n) is 3.35. The summed E-state index contributed by atoms with van der Waals surface area (Å²) >= 11 is 0. The Morgan fingerprint density at radius 2 is 1.87 bits per heavy atom. The lowest BCUT2D eigenvalue weighted by atomic mass is 10.1. The van der Waals surface area contributed by atoms with Gasteiger partial charge in [-0.25, -0.2) is 0 Å². The van der Waals surface area contributed by atoms with Crippen LogP contribution in [-0.2, 0) is 9.59 Å². The first-order chi connectivity index (χ1) is 14.5. The molecule has 0 radical (unpaired) electrons. The molecule has 30 heavy (non-hydrogen) atoms. The molecule has 2 amide bonds. The Balaban J connectivity index is 1.61. The summed E-state index contributed by atoms with van der Waals surface area (Å²) in [6.45, 7) is 7.11. The Hall–Kier alpha value is -3.22. The summed E-state index contributed by atoms with van der Waals surface area (Å²) in [6, 6.07) is 12.8. The summed E-state index contributed by atoms with van der Waals surface area (Å²) in [5, 5.41) is 2.99. The third-order valence-corrected chi connectivity index (χ3v) is 4.82. The summed E-state index contributed by atoms with van der Waals surface area (Å²) in [4.78, 5) is 26.4. The lowest BCUT2D eigenvalue weighted by Crippen LogP contribution is -2.41. The summed E-state index contributed by atoms with van der Waals surface area (Å²) in [5.74, 6) is 1.72. The number of rotatable bonds is 9. The van der Waals surface area contributed by atoms with Gasteiger partial charge >= 0.3 is 0 Å². The van der Waals surface area contributed by atoms with E-state index < -0.39 is 0 Å². The monoisotopic (exact) mass is 412 g/mol. The minimum Gasteiger partial charge on any atom is -0.490 e. The van der Waals surface area contributed by atoms with Gasteiger partial charge in [0.05, 0.1) is 24.9 Å². The second-order valence-corrected chi connectivity index (χ2v) is 6.91. The molecule has 7 heteroatoms. The van der Waals surface area contributed by atoms with Crippen LogP contribution in [0.1, 0.15) is 38.8 Å². The van der Waals surface area contributed by atoms with E-state index in [9.17, 15) is 9.59 Å². The molecular formula is C23H28N2O5. The highest BCUT2D eigenvalue weighted by Gasteiger charge is 2.25. The topological polar surface area (TPSA) is 77.1 Å². The highest BCUT2D eigenvalue weighted by atomic mass is 16.5. The average molecular weight is 412 g/mol. The van der Waals surface area contributed by atoms with E-state index in [2.05, 4.69) is 5.32 Å². The molecular weight excluding hydrogens is 384 g/mol. The van der Waals surface area contributed by atoms with Crippen molar-refractivity contribution >= 4 is 17.5 Å². The maximum Gasteiger partial charge on any atom is 0.265 e. The van der Waals surface area contributed by atoms with E-state index in [1.165, 1.54) is 0 Å². The van der Waals surface area contributed by atoms with Gasteiger partial charge in [-0.05, 0) is 50.6 Å². The minimum absolute atomic E-state index is 0.0125. The maximum atomic E-state index is 12.5. The summed E-state index contributed by atoms with van der Waals surface area (Å²) in [7, 11) is 0. The van der Waals surface area contributed by atoms with Gasteiger partial charge in [-0.15, -0.1) is 0 Å². The maximum absolute atomic E-state index is 12.5. The molecule has 2 aromatic rings. The summed E-state index contributed by atoms with van der Waals surface area (Å²) in [5.41, 5.74) is 1.62. The zero-order chi connectivity index (χ0) is 21.5. The van der Waals surface area contributed by atoms with Crippen LogP contribution < -0.4 is 24.4 Å². The molecule has 0 bridgehead atoms.